The molecule has 0 aromatic carbocycles. The van der Waals surface area contributed by atoms with Gasteiger partial charge in [0.15, 0.2) is 0 Å². The largest absolute Gasteiger partial charge is 0.354 e. The van der Waals surface area contributed by atoms with E-state index in [1.807, 2.05) is 18.3 Å². The first-order chi connectivity index (χ1) is 9.72. The molecule has 106 valence electrons. The molecule has 1 fully saturated rings. The molecule has 0 atom stereocenters. The molecular weight excluding hydrogens is 362 g/mol. The molecule has 0 unspecified atom stereocenters. The van der Waals surface area contributed by atoms with Crippen molar-refractivity contribution in [3.05, 3.63) is 32.8 Å². The molecule has 0 aliphatic carbocycles. The van der Waals surface area contributed by atoms with Gasteiger partial charge in [0, 0.05) is 54.9 Å². The second-order valence-corrected chi connectivity index (χ2v) is 6.86. The van der Waals surface area contributed by atoms with E-state index in [4.69, 9.17) is 11.6 Å². The molecule has 0 saturated carbocycles. The second-order valence-electron chi connectivity index (χ2n) is 4.59. The zero-order valence-corrected chi connectivity index (χ0v) is 13.8. The predicted molar refractivity (Wildman–Crippen MR) is 84.3 cm³/mol. The number of piperazine rings is 1. The molecule has 1 aliphatic heterocycles. The summed E-state index contributed by atoms with van der Waals surface area (Å²) in [7, 11) is 0. The average Bonchev–Trinajstić information content (AvgIpc) is 2.86. The summed E-state index contributed by atoms with van der Waals surface area (Å²) < 4.78 is 5.57. The van der Waals surface area contributed by atoms with Gasteiger partial charge in [-0.2, -0.15) is 0 Å². The molecule has 8 heteroatoms. The van der Waals surface area contributed by atoms with Gasteiger partial charge in [0.05, 0.1) is 0 Å². The molecular formula is C12H13BrClN5S. The maximum Gasteiger partial charge on any atom is 0.138 e. The highest BCUT2D eigenvalue weighted by Gasteiger charge is 2.19. The van der Waals surface area contributed by atoms with Crippen molar-refractivity contribution in [2.45, 2.75) is 6.54 Å². The van der Waals surface area contributed by atoms with Crippen molar-refractivity contribution < 1.29 is 0 Å². The van der Waals surface area contributed by atoms with Crippen LogP contribution >= 0.6 is 39.1 Å². The third kappa shape index (κ3) is 3.28. The predicted octanol–water partition coefficient (Wildman–Crippen LogP) is 2.67. The lowest BCUT2D eigenvalue weighted by molar-refractivity contribution is 0.246. The number of pyridine rings is 1. The van der Waals surface area contributed by atoms with Crippen LogP contribution in [0.1, 0.15) is 5.69 Å². The Kier molecular flexibility index (Phi) is 4.50. The number of hydrogen-bond acceptors (Lipinski definition) is 6. The Bertz CT molecular complexity index is 567. The summed E-state index contributed by atoms with van der Waals surface area (Å²) in [5, 5.41) is 4.06. The highest BCUT2D eigenvalue weighted by atomic mass is 79.9. The van der Waals surface area contributed by atoms with E-state index in [2.05, 4.69) is 40.3 Å². The summed E-state index contributed by atoms with van der Waals surface area (Å²) in [5.74, 6) is 1.03. The zero-order chi connectivity index (χ0) is 13.9. The normalized spacial score (nSPS) is 16.6. The Morgan fingerprint density at radius 3 is 2.65 bits per heavy atom. The molecule has 2 aromatic rings. The van der Waals surface area contributed by atoms with Gasteiger partial charge in [-0.25, -0.2) is 4.98 Å². The van der Waals surface area contributed by atoms with Crippen molar-refractivity contribution >= 4 is 44.9 Å². The lowest BCUT2D eigenvalue weighted by Crippen LogP contribution is -2.46. The minimum absolute atomic E-state index is 0.696. The maximum atomic E-state index is 6.04. The molecule has 0 amide bonds. The van der Waals surface area contributed by atoms with E-state index in [0.717, 1.165) is 48.7 Å². The highest BCUT2D eigenvalue weighted by Crippen LogP contribution is 2.21. The molecule has 3 heterocycles. The molecule has 0 N–H and O–H groups in total. The molecule has 2 aromatic heterocycles. The van der Waals surface area contributed by atoms with E-state index >= 15 is 0 Å². The Morgan fingerprint density at radius 1 is 1.25 bits per heavy atom. The number of aromatic nitrogens is 3. The summed E-state index contributed by atoms with van der Waals surface area (Å²) >= 11 is 10.7. The molecule has 0 spiro atoms. The first kappa shape index (κ1) is 14.2. The third-order valence-electron chi connectivity index (χ3n) is 3.29. The van der Waals surface area contributed by atoms with Gasteiger partial charge in [-0.3, -0.25) is 4.90 Å². The third-order valence-corrected chi connectivity index (χ3v) is 4.74. The Morgan fingerprint density at radius 2 is 2.05 bits per heavy atom. The SMILES string of the molecule is Clc1snnc1CN1CCN(c2ccc(Br)cn2)CC1. The smallest absolute Gasteiger partial charge is 0.138 e. The molecule has 1 saturated heterocycles. The van der Waals surface area contributed by atoms with E-state index in [0.29, 0.717) is 4.34 Å². The summed E-state index contributed by atoms with van der Waals surface area (Å²) in [6, 6.07) is 4.07. The van der Waals surface area contributed by atoms with E-state index < -0.39 is 0 Å². The van der Waals surface area contributed by atoms with Crippen LogP contribution in [-0.2, 0) is 6.54 Å². The Labute approximate surface area is 134 Å². The minimum Gasteiger partial charge on any atom is -0.354 e. The van der Waals surface area contributed by atoms with Gasteiger partial charge in [-0.05, 0) is 28.1 Å². The summed E-state index contributed by atoms with van der Waals surface area (Å²) in [4.78, 5) is 9.08. The van der Waals surface area contributed by atoms with Crippen molar-refractivity contribution in [1.29, 1.82) is 0 Å². The maximum absolute atomic E-state index is 6.04. The molecule has 0 bridgehead atoms. The van der Waals surface area contributed by atoms with Crippen LogP contribution in [0.4, 0.5) is 5.82 Å². The van der Waals surface area contributed by atoms with Crippen molar-refractivity contribution in [3.63, 3.8) is 0 Å². The number of halogens is 2. The van der Waals surface area contributed by atoms with Crippen LogP contribution in [0.3, 0.4) is 0 Å². The van der Waals surface area contributed by atoms with E-state index in [1.165, 1.54) is 11.5 Å². The number of anilines is 1. The molecule has 3 rings (SSSR count). The number of nitrogens with zero attached hydrogens (tertiary/aromatic N) is 5. The standard InChI is InChI=1S/C12H13BrClN5S/c13-9-1-2-11(15-7-9)19-5-3-18(4-6-19)8-10-12(14)20-17-16-10/h1-2,7H,3-6,8H2. The van der Waals surface area contributed by atoms with Crippen molar-refractivity contribution in [1.82, 2.24) is 19.5 Å². The minimum atomic E-state index is 0.696. The molecule has 20 heavy (non-hydrogen) atoms. The van der Waals surface area contributed by atoms with Gasteiger partial charge in [-0.1, -0.05) is 16.1 Å². The summed E-state index contributed by atoms with van der Waals surface area (Å²) in [6.07, 6.45) is 1.84. The Hall–Kier alpha value is -0.760. The van der Waals surface area contributed by atoms with Gasteiger partial charge >= 0.3 is 0 Å². The van der Waals surface area contributed by atoms with Crippen LogP contribution in [0.5, 0.6) is 0 Å². The van der Waals surface area contributed by atoms with Crippen molar-refractivity contribution in [3.8, 4) is 0 Å². The second kappa shape index (κ2) is 6.34. The van der Waals surface area contributed by atoms with Gasteiger partial charge in [-0.15, -0.1) is 5.10 Å². The van der Waals surface area contributed by atoms with Gasteiger partial charge in [0.25, 0.3) is 0 Å². The quantitative estimate of drug-likeness (QED) is 0.826. The number of hydrogen-bond donors (Lipinski definition) is 0. The van der Waals surface area contributed by atoms with Crippen LogP contribution in [0, 0.1) is 0 Å². The lowest BCUT2D eigenvalue weighted by atomic mass is 10.3. The van der Waals surface area contributed by atoms with Crippen LogP contribution in [-0.4, -0.2) is 45.6 Å². The fourth-order valence-corrected chi connectivity index (χ4v) is 3.04. The number of rotatable bonds is 3. The molecule has 1 aliphatic rings. The van der Waals surface area contributed by atoms with Crippen molar-refractivity contribution in [2.75, 3.05) is 31.1 Å². The van der Waals surface area contributed by atoms with Gasteiger partial charge < -0.3 is 4.90 Å². The highest BCUT2D eigenvalue weighted by molar-refractivity contribution is 9.10. The van der Waals surface area contributed by atoms with Crippen LogP contribution in [0.2, 0.25) is 4.34 Å². The summed E-state index contributed by atoms with van der Waals surface area (Å²) in [5.41, 5.74) is 0.881. The topological polar surface area (TPSA) is 45.2 Å². The van der Waals surface area contributed by atoms with Crippen molar-refractivity contribution in [2.24, 2.45) is 0 Å². The van der Waals surface area contributed by atoms with Crippen LogP contribution in [0.15, 0.2) is 22.8 Å². The summed E-state index contributed by atoms with van der Waals surface area (Å²) in [6.45, 7) is 4.65. The zero-order valence-electron chi connectivity index (χ0n) is 10.7. The van der Waals surface area contributed by atoms with Gasteiger partial charge in [0.1, 0.15) is 15.8 Å². The average molecular weight is 375 g/mol. The van der Waals surface area contributed by atoms with Crippen LogP contribution in [0.25, 0.3) is 0 Å². The first-order valence-corrected chi connectivity index (χ1v) is 8.22. The van der Waals surface area contributed by atoms with E-state index in [-0.39, 0.29) is 0 Å². The fourth-order valence-electron chi connectivity index (χ4n) is 2.19. The lowest BCUT2D eigenvalue weighted by Gasteiger charge is -2.35. The molecule has 5 nitrogen and oxygen atoms in total. The first-order valence-electron chi connectivity index (χ1n) is 6.28. The van der Waals surface area contributed by atoms with Crippen LogP contribution < -0.4 is 4.90 Å². The van der Waals surface area contributed by atoms with Gasteiger partial charge in [0.2, 0.25) is 0 Å². The molecule has 0 radical (unpaired) electrons. The Balaban J connectivity index is 1.57. The van der Waals surface area contributed by atoms with E-state index in [1.54, 1.807) is 0 Å². The van der Waals surface area contributed by atoms with E-state index in [9.17, 15) is 0 Å². The monoisotopic (exact) mass is 373 g/mol. The fraction of sp³-hybridized carbons (Fsp3) is 0.417.